The first-order valence-electron chi connectivity index (χ1n) is 7.00. The molecule has 1 fully saturated rings. The number of nitrogens with zero attached hydrogens (tertiary/aromatic N) is 2. The molecular weight excluding hydrogens is 274 g/mol. The van der Waals surface area contributed by atoms with Gasteiger partial charge in [-0.1, -0.05) is 0 Å². The molecule has 4 N–H and O–H groups in total. The van der Waals surface area contributed by atoms with Gasteiger partial charge in [-0.15, -0.1) is 0 Å². The number of likely N-dealkylation sites (N-methyl/N-ethyl adjacent to an activating group) is 1. The molecule has 0 aromatic carbocycles. The second-order valence-corrected chi connectivity index (χ2v) is 5.39. The Morgan fingerprint density at radius 3 is 3.05 bits per heavy atom. The highest BCUT2D eigenvalue weighted by Crippen LogP contribution is 2.07. The van der Waals surface area contributed by atoms with Crippen LogP contribution in [0.1, 0.15) is 18.5 Å². The van der Waals surface area contributed by atoms with Crippen LogP contribution < -0.4 is 10.6 Å². The molecule has 1 aliphatic heterocycles. The zero-order chi connectivity index (χ0) is 15.2. The lowest BCUT2D eigenvalue weighted by molar-refractivity contribution is -0.139. The Morgan fingerprint density at radius 2 is 2.43 bits per heavy atom. The van der Waals surface area contributed by atoms with Gasteiger partial charge in [-0.3, -0.25) is 0 Å². The van der Waals surface area contributed by atoms with E-state index >= 15 is 0 Å². The highest BCUT2D eigenvalue weighted by molar-refractivity contribution is 5.82. The number of rotatable bonds is 5. The number of carbonyl (C=O) groups is 2. The van der Waals surface area contributed by atoms with Gasteiger partial charge in [0.25, 0.3) is 0 Å². The van der Waals surface area contributed by atoms with Crippen LogP contribution in [0.15, 0.2) is 12.5 Å². The number of piperidine rings is 1. The summed E-state index contributed by atoms with van der Waals surface area (Å²) >= 11 is 0. The van der Waals surface area contributed by atoms with E-state index in [1.54, 1.807) is 6.20 Å². The number of nitrogens with one attached hydrogen (secondary N) is 3. The van der Waals surface area contributed by atoms with Crippen molar-refractivity contribution in [2.45, 2.75) is 31.3 Å². The number of aromatic nitrogens is 2. The predicted molar refractivity (Wildman–Crippen MR) is 75.9 cm³/mol. The van der Waals surface area contributed by atoms with Crippen molar-refractivity contribution in [2.75, 3.05) is 20.1 Å². The number of imidazole rings is 1. The molecule has 0 bridgehead atoms. The molecule has 1 aromatic heterocycles. The smallest absolute Gasteiger partial charge is 0.326 e. The van der Waals surface area contributed by atoms with Crippen LogP contribution in [-0.4, -0.2) is 64.2 Å². The molecule has 21 heavy (non-hydrogen) atoms. The maximum Gasteiger partial charge on any atom is 0.326 e. The number of urea groups is 1. The Labute approximate surface area is 122 Å². The molecule has 0 saturated carbocycles. The van der Waals surface area contributed by atoms with E-state index < -0.39 is 18.0 Å². The third-order valence-corrected chi connectivity index (χ3v) is 3.54. The number of carbonyl (C=O) groups excluding carboxylic acids is 1. The van der Waals surface area contributed by atoms with Crippen LogP contribution in [0.3, 0.4) is 0 Å². The fraction of sp³-hybridized carbons (Fsp3) is 0.615. The molecule has 116 valence electrons. The summed E-state index contributed by atoms with van der Waals surface area (Å²) in [6.07, 6.45) is 5.14. The first-order valence-corrected chi connectivity index (χ1v) is 7.00. The molecule has 8 heteroatoms. The van der Waals surface area contributed by atoms with Gasteiger partial charge in [0.05, 0.1) is 6.33 Å². The van der Waals surface area contributed by atoms with Crippen molar-refractivity contribution in [2.24, 2.45) is 0 Å². The van der Waals surface area contributed by atoms with E-state index in [1.807, 2.05) is 7.05 Å². The number of hydrogen-bond acceptors (Lipinski definition) is 4. The van der Waals surface area contributed by atoms with Gasteiger partial charge in [0, 0.05) is 30.9 Å². The third-order valence-electron chi connectivity index (χ3n) is 3.54. The van der Waals surface area contributed by atoms with Crippen LogP contribution in [0.4, 0.5) is 4.79 Å². The first-order chi connectivity index (χ1) is 10.0. The topological polar surface area (TPSA) is 110 Å². The molecule has 1 aliphatic rings. The molecule has 2 atom stereocenters. The molecule has 2 unspecified atom stereocenters. The molecule has 0 aliphatic carbocycles. The fourth-order valence-electron chi connectivity index (χ4n) is 2.49. The zero-order valence-electron chi connectivity index (χ0n) is 12.0. The van der Waals surface area contributed by atoms with Crippen LogP contribution >= 0.6 is 0 Å². The molecule has 8 nitrogen and oxygen atoms in total. The molecule has 2 heterocycles. The highest BCUT2D eigenvalue weighted by Gasteiger charge is 2.24. The number of carboxylic acid groups (broad SMARTS) is 1. The largest absolute Gasteiger partial charge is 0.480 e. The second kappa shape index (κ2) is 7.07. The predicted octanol–water partition coefficient (Wildman–Crippen LogP) is -0.201. The molecule has 1 aromatic rings. The molecule has 2 rings (SSSR count). The lowest BCUT2D eigenvalue weighted by atomic mass is 10.1. The number of aliphatic carboxylic acids is 1. The molecule has 0 spiro atoms. The van der Waals surface area contributed by atoms with Gasteiger partial charge in [-0.2, -0.15) is 0 Å². The van der Waals surface area contributed by atoms with Crippen LogP contribution in [0.2, 0.25) is 0 Å². The van der Waals surface area contributed by atoms with E-state index in [-0.39, 0.29) is 12.5 Å². The average Bonchev–Trinajstić information content (AvgIpc) is 2.90. The lowest BCUT2D eigenvalue weighted by Crippen LogP contribution is -2.53. The van der Waals surface area contributed by atoms with E-state index in [0.717, 1.165) is 25.9 Å². The minimum absolute atomic E-state index is 0.0605. The summed E-state index contributed by atoms with van der Waals surface area (Å²) < 4.78 is 0. The number of H-pyrrole nitrogens is 1. The Bertz CT molecular complexity index is 476. The van der Waals surface area contributed by atoms with Crippen molar-refractivity contribution >= 4 is 12.0 Å². The van der Waals surface area contributed by atoms with Crippen molar-refractivity contribution in [3.05, 3.63) is 18.2 Å². The summed E-state index contributed by atoms with van der Waals surface area (Å²) in [4.78, 5) is 32.0. The number of likely N-dealkylation sites (tertiary alicyclic amines) is 1. The van der Waals surface area contributed by atoms with Crippen molar-refractivity contribution in [3.63, 3.8) is 0 Å². The Morgan fingerprint density at radius 1 is 1.62 bits per heavy atom. The van der Waals surface area contributed by atoms with Crippen LogP contribution in [0, 0.1) is 0 Å². The maximum absolute atomic E-state index is 11.9. The van der Waals surface area contributed by atoms with Crippen LogP contribution in [0.5, 0.6) is 0 Å². The van der Waals surface area contributed by atoms with Crippen molar-refractivity contribution < 1.29 is 14.7 Å². The van der Waals surface area contributed by atoms with Gasteiger partial charge in [-0.05, 0) is 26.4 Å². The number of aromatic amines is 1. The number of amides is 2. The van der Waals surface area contributed by atoms with Gasteiger partial charge in [0.2, 0.25) is 0 Å². The Balaban J connectivity index is 1.84. The monoisotopic (exact) mass is 295 g/mol. The van der Waals surface area contributed by atoms with Gasteiger partial charge < -0.3 is 25.6 Å². The van der Waals surface area contributed by atoms with Gasteiger partial charge in [0.15, 0.2) is 0 Å². The Hall–Kier alpha value is -2.09. The van der Waals surface area contributed by atoms with Crippen LogP contribution in [0.25, 0.3) is 0 Å². The summed E-state index contributed by atoms with van der Waals surface area (Å²) in [5.41, 5.74) is 0.667. The normalized spacial score (nSPS) is 20.7. The molecular formula is C13H21N5O3. The van der Waals surface area contributed by atoms with Crippen molar-refractivity contribution in [1.29, 1.82) is 0 Å². The van der Waals surface area contributed by atoms with Crippen LogP contribution in [-0.2, 0) is 11.2 Å². The van der Waals surface area contributed by atoms with E-state index in [1.165, 1.54) is 6.33 Å². The van der Waals surface area contributed by atoms with Gasteiger partial charge in [-0.25, -0.2) is 14.6 Å². The molecule has 0 radical (unpaired) electrons. The molecule has 1 saturated heterocycles. The quantitative estimate of drug-likeness (QED) is 0.601. The summed E-state index contributed by atoms with van der Waals surface area (Å²) in [5, 5.41) is 14.5. The average molecular weight is 295 g/mol. The van der Waals surface area contributed by atoms with E-state index in [0.29, 0.717) is 5.69 Å². The zero-order valence-corrected chi connectivity index (χ0v) is 12.0. The minimum atomic E-state index is -1.07. The first kappa shape index (κ1) is 15.3. The van der Waals surface area contributed by atoms with Gasteiger partial charge in [0.1, 0.15) is 6.04 Å². The van der Waals surface area contributed by atoms with Gasteiger partial charge >= 0.3 is 12.0 Å². The highest BCUT2D eigenvalue weighted by atomic mass is 16.4. The maximum atomic E-state index is 11.9. The summed E-state index contributed by atoms with van der Waals surface area (Å²) in [6.45, 7) is 1.81. The summed E-state index contributed by atoms with van der Waals surface area (Å²) in [5.74, 6) is -1.07. The van der Waals surface area contributed by atoms with E-state index in [9.17, 15) is 14.7 Å². The number of hydrogen-bond donors (Lipinski definition) is 4. The molecule has 2 amide bonds. The van der Waals surface area contributed by atoms with E-state index in [2.05, 4.69) is 25.5 Å². The third kappa shape index (κ3) is 4.75. The van der Waals surface area contributed by atoms with E-state index in [4.69, 9.17) is 0 Å². The number of carboxylic acids is 1. The summed E-state index contributed by atoms with van der Waals surface area (Å²) in [7, 11) is 2.00. The SMILES string of the molecule is CN1CCCC(NC(=O)NC(Cc2cnc[nH]2)C(=O)O)C1. The fourth-order valence-corrected chi connectivity index (χ4v) is 2.49. The van der Waals surface area contributed by atoms with Crippen molar-refractivity contribution in [3.8, 4) is 0 Å². The summed E-state index contributed by atoms with van der Waals surface area (Å²) in [6, 6.07) is -1.36. The standard InChI is InChI=1S/C13H21N5O3/c1-18-4-2-3-9(7-18)16-13(21)17-11(12(19)20)5-10-6-14-8-15-10/h6,8-9,11H,2-5,7H2,1H3,(H,14,15)(H,19,20)(H2,16,17,21). The lowest BCUT2D eigenvalue weighted by Gasteiger charge is -2.30. The minimum Gasteiger partial charge on any atom is -0.480 e. The second-order valence-electron chi connectivity index (χ2n) is 5.39. The Kier molecular flexibility index (Phi) is 5.15. The van der Waals surface area contributed by atoms with Crippen molar-refractivity contribution in [1.82, 2.24) is 25.5 Å².